The molecule has 0 aliphatic carbocycles. The fourth-order valence-corrected chi connectivity index (χ4v) is 21.7. The fraction of sp³-hybridized carbons (Fsp3) is 0.615. The van der Waals surface area contributed by atoms with E-state index in [1.165, 1.54) is 10.8 Å². The number of amides is 7. The van der Waals surface area contributed by atoms with Crippen LogP contribution in [0.4, 0.5) is 4.79 Å². The number of benzene rings is 3. The number of aryl methyl sites for hydroxylation is 1. The molecule has 1 fully saturated rings. The molecule has 3 aromatic carbocycles. The van der Waals surface area contributed by atoms with Gasteiger partial charge in [-0.3, -0.25) is 79.2 Å². The van der Waals surface area contributed by atoms with Gasteiger partial charge in [-0.05, 0) is 144 Å². The van der Waals surface area contributed by atoms with Crippen LogP contribution in [0.3, 0.4) is 0 Å². The Balaban J connectivity index is 1.44. The van der Waals surface area contributed by atoms with Gasteiger partial charge < -0.3 is 87.6 Å². The van der Waals surface area contributed by atoms with Crippen LogP contribution < -0.4 is 87.6 Å². The molecule has 0 radical (unpaired) electrons. The summed E-state index contributed by atoms with van der Waals surface area (Å²) in [6, 6.07) is 15.1. The third-order valence-corrected chi connectivity index (χ3v) is 28.8. The van der Waals surface area contributed by atoms with Crippen LogP contribution in [0.15, 0.2) is 77.2 Å². The monoisotopic (exact) mass is 1890 g/mol. The molecule has 0 bridgehead atoms. The summed E-state index contributed by atoms with van der Waals surface area (Å²) >= 11 is 0. The van der Waals surface area contributed by atoms with Crippen molar-refractivity contribution < 1.29 is 66.5 Å². The molecule has 1 saturated heterocycles. The van der Waals surface area contributed by atoms with Gasteiger partial charge in [-0.2, -0.15) is 0 Å². The zero-order valence-corrected chi connectivity index (χ0v) is 79.6. The molecule has 4 aromatic rings. The SMILES string of the molecule is CCC(=O)CCC(=O)CCCSSCCNC(=O)N=S1(=O)CC(C)(C)c2nnn(CCCC[C@@H]3NCCC(=O)[C@H](CCC(=O)N[C@@H](CCCCN)C(N)=O)CC(=O)[C@H](CCCNC(=N)N)NC(=O)[C@H](CCCNC(=N)N)CC(=O)[C@H](CCCNC(=N)N)NC(=O)[C@H](CCCNC(=N)N)CC(=O)[C@H](Cc4ccc5ccccc5c4)NC(=O)[C@H](Cc4ccccc4)CC3=O)c2C(C)(C)C1. The number of carbonyl (C=O) groups is 13. The fourth-order valence-electron chi connectivity index (χ4n) is 16.6. The molecule has 0 spiro atoms. The highest BCUT2D eigenvalue weighted by molar-refractivity contribution is 8.76. The van der Waals surface area contributed by atoms with Gasteiger partial charge in [0.25, 0.3) is 0 Å². The molecule has 26 N–H and O–H groups in total. The number of nitrogens with one attached hydrogen (secondary N) is 14. The number of rotatable bonds is 46. The van der Waals surface area contributed by atoms with Gasteiger partial charge in [0.15, 0.2) is 47.0 Å². The summed E-state index contributed by atoms with van der Waals surface area (Å²) in [5, 5.41) is 71.0. The van der Waals surface area contributed by atoms with E-state index in [-0.39, 0.29) is 195 Å². The van der Waals surface area contributed by atoms with Gasteiger partial charge in [-0.15, -0.1) is 9.46 Å². The Morgan fingerprint density at radius 1 is 0.523 bits per heavy atom. The number of unbranched alkanes of at least 4 members (excludes halogenated alkanes) is 2. The van der Waals surface area contributed by atoms with Gasteiger partial charge in [0, 0.05) is 168 Å². The minimum Gasteiger partial charge on any atom is -0.370 e. The molecule has 41 heteroatoms. The van der Waals surface area contributed by atoms with E-state index in [4.69, 9.17) is 61.1 Å². The molecule has 2 aliphatic heterocycles. The molecule has 10 atom stereocenters. The summed E-state index contributed by atoms with van der Waals surface area (Å²) in [5.41, 5.74) is 35.0. The Morgan fingerprint density at radius 2 is 1.04 bits per heavy atom. The number of Topliss-reactive ketones (excluding diaryl/α,β-unsaturated/α-hetero) is 7. The lowest BCUT2D eigenvalue weighted by molar-refractivity contribution is -0.136. The van der Waals surface area contributed by atoms with Crippen molar-refractivity contribution in [3.05, 3.63) is 95.3 Å². The predicted molar refractivity (Wildman–Crippen MR) is 515 cm³/mol. The lowest BCUT2D eigenvalue weighted by Gasteiger charge is -2.27. The minimum atomic E-state index is -3.26. The Hall–Kier alpha value is -10.8. The van der Waals surface area contributed by atoms with Crippen LogP contribution in [0.25, 0.3) is 10.8 Å². The van der Waals surface area contributed by atoms with E-state index in [1.54, 1.807) is 52.7 Å². The van der Waals surface area contributed by atoms with E-state index in [0.717, 1.165) is 10.8 Å². The van der Waals surface area contributed by atoms with E-state index in [1.807, 2.05) is 70.2 Å². The first-order valence-electron chi connectivity index (χ1n) is 45.9. The van der Waals surface area contributed by atoms with Crippen LogP contribution >= 0.6 is 21.6 Å². The normalized spacial score (nSPS) is 21.1. The summed E-state index contributed by atoms with van der Waals surface area (Å²) < 4.78 is 21.2. The average Bonchev–Trinajstić information content (AvgIpc) is 1.59. The Labute approximate surface area is 782 Å². The van der Waals surface area contributed by atoms with Crippen LogP contribution in [-0.2, 0) is 97.5 Å². The maximum atomic E-state index is 15.8. The maximum Gasteiger partial charge on any atom is 0.349 e. The molecule has 132 heavy (non-hydrogen) atoms. The number of aromatic nitrogens is 3. The maximum absolute atomic E-state index is 15.8. The zero-order valence-electron chi connectivity index (χ0n) is 77.1. The van der Waals surface area contributed by atoms with Gasteiger partial charge in [0.05, 0.1) is 45.3 Å². The first kappa shape index (κ1) is 110. The average molecular weight is 1890 g/mol. The number of primary amides is 1. The number of hydrogen-bond acceptors (Lipinski definition) is 24. The quantitative estimate of drug-likeness (QED) is 0.0120. The van der Waals surface area contributed by atoms with Crippen LogP contribution in [0, 0.1) is 45.3 Å². The molecule has 7 amide bonds. The highest BCUT2D eigenvalue weighted by Gasteiger charge is 2.46. The molecule has 38 nitrogen and oxygen atoms in total. The number of hydrogen-bond donors (Lipinski definition) is 20. The number of guanidine groups is 4. The first-order chi connectivity index (χ1) is 62.8. The lowest BCUT2D eigenvalue weighted by atomic mass is 9.82. The number of carbonyl (C=O) groups excluding carboxylic acids is 13. The van der Waals surface area contributed by atoms with Crippen LogP contribution in [0.1, 0.15) is 224 Å². The van der Waals surface area contributed by atoms with Crippen molar-refractivity contribution in [1.82, 2.24) is 68.2 Å². The number of nitrogens with zero attached hydrogens (tertiary/aromatic N) is 4. The van der Waals surface area contributed by atoms with E-state index >= 15 is 42.6 Å². The van der Waals surface area contributed by atoms with E-state index < -0.39 is 171 Å². The third-order valence-electron chi connectivity index (χ3n) is 23.5. The summed E-state index contributed by atoms with van der Waals surface area (Å²) in [6.45, 7) is 10.2. The highest BCUT2D eigenvalue weighted by atomic mass is 33.1. The molecule has 2 aliphatic rings. The van der Waals surface area contributed by atoms with Crippen molar-refractivity contribution in [1.29, 1.82) is 21.6 Å². The van der Waals surface area contributed by atoms with Crippen LogP contribution in [0.5, 0.6) is 0 Å². The van der Waals surface area contributed by atoms with Crippen LogP contribution in [-0.4, -0.2) is 218 Å². The lowest BCUT2D eigenvalue weighted by Crippen LogP contribution is -2.49. The second kappa shape index (κ2) is 56.9. The van der Waals surface area contributed by atoms with Crippen molar-refractivity contribution in [2.75, 3.05) is 68.8 Å². The Bertz CT molecular complexity index is 4730. The van der Waals surface area contributed by atoms with Gasteiger partial charge in [0.2, 0.25) is 29.5 Å². The summed E-state index contributed by atoms with van der Waals surface area (Å²) in [6.07, 6.45) is 0.875. The van der Waals surface area contributed by atoms with E-state index in [0.29, 0.717) is 85.5 Å². The van der Waals surface area contributed by atoms with Crippen LogP contribution in [0.2, 0.25) is 0 Å². The molecular formula is C91H142N24O14S3. The van der Waals surface area contributed by atoms with Crippen molar-refractivity contribution in [2.24, 2.45) is 62.4 Å². The van der Waals surface area contributed by atoms with Crippen molar-refractivity contribution in [2.45, 2.75) is 262 Å². The number of nitrogens with two attached hydrogens (primary N) is 6. The molecule has 3 heterocycles. The van der Waals surface area contributed by atoms with Gasteiger partial charge in [0.1, 0.15) is 23.4 Å². The first-order valence-corrected chi connectivity index (χ1v) is 50.3. The summed E-state index contributed by atoms with van der Waals surface area (Å²) in [4.78, 5) is 188. The number of ketones is 7. The van der Waals surface area contributed by atoms with E-state index in [9.17, 15) is 24.0 Å². The summed E-state index contributed by atoms with van der Waals surface area (Å²) in [5.74, 6) is -11.8. The summed E-state index contributed by atoms with van der Waals surface area (Å²) in [7, 11) is -0.170. The molecule has 1 aromatic heterocycles. The highest BCUT2D eigenvalue weighted by Crippen LogP contribution is 2.40. The Morgan fingerprint density at radius 3 is 1.62 bits per heavy atom. The molecule has 6 rings (SSSR count). The zero-order chi connectivity index (χ0) is 96.9. The smallest absolute Gasteiger partial charge is 0.349 e. The van der Waals surface area contributed by atoms with Gasteiger partial charge >= 0.3 is 6.03 Å². The minimum absolute atomic E-state index is 0.0127. The third kappa shape index (κ3) is 40.0. The predicted octanol–water partition coefficient (Wildman–Crippen LogP) is 4.94. The van der Waals surface area contributed by atoms with Crippen molar-refractivity contribution in [3.8, 4) is 0 Å². The van der Waals surface area contributed by atoms with Crippen molar-refractivity contribution >= 4 is 142 Å². The molecule has 728 valence electrons. The van der Waals surface area contributed by atoms with Gasteiger partial charge in [-0.25, -0.2) is 13.7 Å². The molecule has 1 unspecified atom stereocenters. The topological polar surface area (TPSA) is 654 Å². The second-order valence-electron chi connectivity index (χ2n) is 35.6. The standard InChI is InChI=1S/C91H142N24O14S3/c1-6-66(116)35-36-67(117)27-20-47-130-131-48-45-107-89(128)113-132(129)56-90(2,3)79-80(91(4,5)57-132)115(114-112-79)46-15-13-28-68-74(119)55-65(49-58-21-8-7-9-22-58)84(127)111-72(51-59-32-33-60-23-10-11-24-61(60)50-59)77(122)54-64(26-17-41-104-86(96)97)83(126)110-70(31-19-43-106-88(100)101)76(121)53-63(25-16-40-103-85(94)95)82(125)109-69(30-18-42-105-87(98)99)75(120)52-62(73(118)38-44-102-68)34-37-78(123)108-71(81(93)124)29-12-14-39-92/h7-11,21-24,32-33,50,62-65,68-72,102H,6,12-20,25-31,34-49,51-57,92H2,1-5H3,(H2,93,124)(H,107,128)(H,108,123)(H,109,125)(H,110,126)(H,111,127)(H4,94,95,103)(H4,96,97,104)(H4,98,99,105)(H4,100,101,106)/t62-,63-,64-,65-,68+,69+,70+,71+,72+,132?/m1/s1. The Kier molecular flexibility index (Phi) is 47.4. The number of fused-ring (bicyclic) bond motifs is 2. The largest absolute Gasteiger partial charge is 0.370 e. The van der Waals surface area contributed by atoms with E-state index in [2.05, 4.69) is 62.7 Å². The number of urea groups is 1. The molecule has 0 saturated carbocycles. The second-order valence-corrected chi connectivity index (χ2v) is 40.6. The van der Waals surface area contributed by atoms with Gasteiger partial charge in [-0.1, -0.05) is 134 Å². The van der Waals surface area contributed by atoms with Crippen molar-refractivity contribution in [3.63, 3.8) is 0 Å². The molecular weight excluding hydrogens is 1750 g/mol.